The van der Waals surface area contributed by atoms with Gasteiger partial charge in [0.1, 0.15) is 11.3 Å². The molecule has 1 aliphatic rings. The van der Waals surface area contributed by atoms with E-state index in [0.29, 0.717) is 27.6 Å². The van der Waals surface area contributed by atoms with Gasteiger partial charge in [0.05, 0.1) is 5.69 Å². The molecule has 1 fully saturated rings. The molecule has 188 valence electrons. The molecule has 9 heteroatoms. The highest BCUT2D eigenvalue weighted by molar-refractivity contribution is 6.39. The average Bonchev–Trinajstić information content (AvgIpc) is 2.85. The van der Waals surface area contributed by atoms with E-state index in [4.69, 9.17) is 16.3 Å². The highest BCUT2D eigenvalue weighted by Gasteiger charge is 2.37. The summed E-state index contributed by atoms with van der Waals surface area (Å²) in [4.78, 5) is 51.5. The first kappa shape index (κ1) is 25.7. The van der Waals surface area contributed by atoms with Crippen LogP contribution in [0.3, 0.4) is 0 Å². The molecule has 0 aliphatic carbocycles. The van der Waals surface area contributed by atoms with Crippen molar-refractivity contribution in [3.05, 3.63) is 93.5 Å². The third-order valence-corrected chi connectivity index (χ3v) is 6.17. The van der Waals surface area contributed by atoms with Crippen LogP contribution in [0.4, 0.5) is 16.2 Å². The van der Waals surface area contributed by atoms with Crippen molar-refractivity contribution in [1.29, 1.82) is 0 Å². The maximum Gasteiger partial charge on any atom is 0.335 e. The van der Waals surface area contributed by atoms with Crippen LogP contribution in [0.15, 0.2) is 66.2 Å². The second kappa shape index (κ2) is 10.7. The smallest absolute Gasteiger partial charge is 0.335 e. The number of rotatable bonds is 6. The minimum atomic E-state index is -0.857. The lowest BCUT2D eigenvalue weighted by atomic mass is 10.1. The van der Waals surface area contributed by atoms with E-state index in [-0.39, 0.29) is 23.8 Å². The molecule has 0 aromatic heterocycles. The molecule has 0 unspecified atom stereocenters. The van der Waals surface area contributed by atoms with Crippen LogP contribution in [0.2, 0.25) is 5.02 Å². The zero-order valence-electron chi connectivity index (χ0n) is 20.4. The summed E-state index contributed by atoms with van der Waals surface area (Å²) >= 11 is 6.06. The van der Waals surface area contributed by atoms with Crippen LogP contribution in [0.25, 0.3) is 6.08 Å². The fraction of sp³-hybridized carbons (Fsp3) is 0.143. The van der Waals surface area contributed by atoms with Gasteiger partial charge in [-0.25, -0.2) is 9.69 Å². The van der Waals surface area contributed by atoms with Gasteiger partial charge in [-0.2, -0.15) is 0 Å². The number of hydrogen-bond donors (Lipinski definition) is 2. The number of aryl methyl sites for hydroxylation is 2. The first-order valence-electron chi connectivity index (χ1n) is 11.4. The van der Waals surface area contributed by atoms with Crippen LogP contribution in [-0.4, -0.2) is 30.4 Å². The summed E-state index contributed by atoms with van der Waals surface area (Å²) in [5, 5.41) is 5.36. The number of barbiturate groups is 1. The molecule has 8 nitrogen and oxygen atoms in total. The van der Waals surface area contributed by atoms with E-state index in [1.807, 2.05) is 32.0 Å². The predicted molar refractivity (Wildman–Crippen MR) is 142 cm³/mol. The Morgan fingerprint density at radius 2 is 1.76 bits per heavy atom. The van der Waals surface area contributed by atoms with Crippen molar-refractivity contribution >= 4 is 52.8 Å². The Bertz CT molecular complexity index is 1460. The summed E-state index contributed by atoms with van der Waals surface area (Å²) in [7, 11) is 0. The zero-order chi connectivity index (χ0) is 26.7. The third-order valence-electron chi connectivity index (χ3n) is 5.93. The van der Waals surface area contributed by atoms with Gasteiger partial charge in [0.2, 0.25) is 0 Å². The predicted octanol–water partition coefficient (Wildman–Crippen LogP) is 4.95. The number of nitrogens with zero attached hydrogens (tertiary/aromatic N) is 1. The van der Waals surface area contributed by atoms with Crippen LogP contribution >= 0.6 is 11.6 Å². The average molecular weight is 518 g/mol. The topological polar surface area (TPSA) is 105 Å². The number of benzene rings is 3. The number of amides is 5. The van der Waals surface area contributed by atoms with Crippen molar-refractivity contribution in [2.45, 2.75) is 20.8 Å². The molecule has 4 rings (SSSR count). The third kappa shape index (κ3) is 5.70. The lowest BCUT2D eigenvalue weighted by Gasteiger charge is -2.27. The Kier molecular flexibility index (Phi) is 7.40. The Morgan fingerprint density at radius 3 is 2.54 bits per heavy atom. The first-order valence-corrected chi connectivity index (χ1v) is 11.8. The van der Waals surface area contributed by atoms with Gasteiger partial charge in [0.15, 0.2) is 6.61 Å². The molecule has 2 N–H and O–H groups in total. The molecular formula is C28H24ClN3O5. The monoisotopic (exact) mass is 517 g/mol. The maximum atomic E-state index is 13.2. The fourth-order valence-electron chi connectivity index (χ4n) is 3.78. The van der Waals surface area contributed by atoms with Crippen molar-refractivity contribution in [2.24, 2.45) is 0 Å². The normalized spacial score (nSPS) is 14.5. The second-order valence-electron chi connectivity index (χ2n) is 8.55. The van der Waals surface area contributed by atoms with Gasteiger partial charge in [0.25, 0.3) is 17.7 Å². The van der Waals surface area contributed by atoms with Gasteiger partial charge < -0.3 is 10.1 Å². The SMILES string of the molecule is Cc1ccc(Cl)cc1N1C(=O)NC(=O)/C(=C\c2cccc(OCC(=O)Nc3cccc(C)c3C)c2)C1=O. The number of carbonyl (C=O) groups excluding carboxylic acids is 4. The second-order valence-corrected chi connectivity index (χ2v) is 8.98. The van der Waals surface area contributed by atoms with E-state index in [2.05, 4.69) is 10.6 Å². The number of urea groups is 1. The molecule has 1 saturated heterocycles. The molecule has 5 amide bonds. The van der Waals surface area contributed by atoms with Crippen LogP contribution in [0.1, 0.15) is 22.3 Å². The summed E-state index contributed by atoms with van der Waals surface area (Å²) in [6, 6.07) is 16.2. The van der Waals surface area contributed by atoms with Gasteiger partial charge in [-0.05, 0) is 79.4 Å². The highest BCUT2D eigenvalue weighted by atomic mass is 35.5. The molecular weight excluding hydrogens is 494 g/mol. The van der Waals surface area contributed by atoms with Gasteiger partial charge >= 0.3 is 6.03 Å². The fourth-order valence-corrected chi connectivity index (χ4v) is 3.95. The summed E-state index contributed by atoms with van der Waals surface area (Å²) in [5.74, 6) is -1.55. The van der Waals surface area contributed by atoms with Crippen molar-refractivity contribution in [3.8, 4) is 5.75 Å². The standard InChI is InChI=1S/C28H24ClN3O5/c1-16-6-4-9-23(18(16)3)30-25(33)15-37-21-8-5-7-19(12-21)13-22-26(34)31-28(36)32(27(22)35)24-14-20(29)11-10-17(24)2/h4-14H,15H2,1-3H3,(H,30,33)(H,31,34,36)/b22-13+. The van der Waals surface area contributed by atoms with Gasteiger partial charge in [-0.1, -0.05) is 41.9 Å². The molecule has 3 aromatic rings. The van der Waals surface area contributed by atoms with Crippen LogP contribution in [0.5, 0.6) is 5.75 Å². The number of imide groups is 2. The summed E-state index contributed by atoms with van der Waals surface area (Å²) in [6.07, 6.45) is 1.36. The van der Waals surface area contributed by atoms with Gasteiger partial charge in [-0.3, -0.25) is 19.7 Å². The molecule has 0 saturated carbocycles. The first-order chi connectivity index (χ1) is 17.6. The molecule has 3 aromatic carbocycles. The molecule has 1 heterocycles. The van der Waals surface area contributed by atoms with Crippen molar-refractivity contribution in [1.82, 2.24) is 5.32 Å². The largest absolute Gasteiger partial charge is 0.484 e. The quantitative estimate of drug-likeness (QED) is 0.355. The number of carbonyl (C=O) groups is 4. The Balaban J connectivity index is 1.51. The maximum absolute atomic E-state index is 13.2. The Hall–Kier alpha value is -4.43. The molecule has 0 spiro atoms. The summed E-state index contributed by atoms with van der Waals surface area (Å²) in [5.41, 5.74) is 3.90. The van der Waals surface area contributed by atoms with E-state index < -0.39 is 17.8 Å². The lowest BCUT2D eigenvalue weighted by molar-refractivity contribution is -0.122. The minimum absolute atomic E-state index is 0.233. The van der Waals surface area contributed by atoms with Crippen molar-refractivity contribution in [3.63, 3.8) is 0 Å². The number of anilines is 2. The Morgan fingerprint density at radius 1 is 1.00 bits per heavy atom. The van der Waals surface area contributed by atoms with E-state index in [1.54, 1.807) is 43.3 Å². The minimum Gasteiger partial charge on any atom is -0.484 e. The molecule has 0 bridgehead atoms. The molecule has 0 radical (unpaired) electrons. The van der Waals surface area contributed by atoms with Crippen molar-refractivity contribution in [2.75, 3.05) is 16.8 Å². The van der Waals surface area contributed by atoms with Gasteiger partial charge in [0, 0.05) is 10.7 Å². The number of halogens is 1. The molecule has 1 aliphatic heterocycles. The number of nitrogens with one attached hydrogen (secondary N) is 2. The zero-order valence-corrected chi connectivity index (χ0v) is 21.2. The lowest BCUT2D eigenvalue weighted by Crippen LogP contribution is -2.54. The number of hydrogen-bond acceptors (Lipinski definition) is 5. The summed E-state index contributed by atoms with van der Waals surface area (Å²) < 4.78 is 5.62. The molecule has 37 heavy (non-hydrogen) atoms. The van der Waals surface area contributed by atoms with E-state index in [1.165, 1.54) is 12.1 Å². The summed E-state index contributed by atoms with van der Waals surface area (Å²) in [6.45, 7) is 5.38. The Labute approximate surface area is 218 Å². The van der Waals surface area contributed by atoms with E-state index in [9.17, 15) is 19.2 Å². The number of ether oxygens (including phenoxy) is 1. The van der Waals surface area contributed by atoms with E-state index >= 15 is 0 Å². The van der Waals surface area contributed by atoms with Crippen LogP contribution in [-0.2, 0) is 14.4 Å². The van der Waals surface area contributed by atoms with E-state index in [0.717, 1.165) is 16.0 Å². The van der Waals surface area contributed by atoms with Crippen LogP contribution in [0, 0.1) is 20.8 Å². The van der Waals surface area contributed by atoms with Gasteiger partial charge in [-0.15, -0.1) is 0 Å². The highest BCUT2D eigenvalue weighted by Crippen LogP contribution is 2.28. The molecule has 0 atom stereocenters. The van der Waals surface area contributed by atoms with Crippen LogP contribution < -0.4 is 20.3 Å². The van der Waals surface area contributed by atoms with Crippen molar-refractivity contribution < 1.29 is 23.9 Å².